The van der Waals surface area contributed by atoms with E-state index in [1.807, 2.05) is 30.3 Å². The largest absolute Gasteiger partial charge is 0.480 e. The molecule has 0 bridgehead atoms. The number of para-hydroxylation sites is 1. The minimum atomic E-state index is -0.163. The third kappa shape index (κ3) is 2.69. The molecule has 1 aliphatic rings. The lowest BCUT2D eigenvalue weighted by Gasteiger charge is -2.07. The molecule has 0 saturated carbocycles. The molecule has 0 fully saturated rings. The average molecular weight is 310 g/mol. The first-order chi connectivity index (χ1) is 10.7. The van der Waals surface area contributed by atoms with Crippen LogP contribution in [0.15, 0.2) is 42.5 Å². The van der Waals surface area contributed by atoms with Gasteiger partial charge in [-0.05, 0) is 24.3 Å². The van der Waals surface area contributed by atoms with E-state index >= 15 is 0 Å². The van der Waals surface area contributed by atoms with Gasteiger partial charge in [-0.15, -0.1) is 6.42 Å². The highest BCUT2D eigenvalue weighted by molar-refractivity contribution is 6.36. The molecule has 108 valence electrons. The van der Waals surface area contributed by atoms with Crippen LogP contribution in [0.5, 0.6) is 5.75 Å². The Kier molecular flexibility index (Phi) is 3.86. The van der Waals surface area contributed by atoms with E-state index < -0.39 is 0 Å². The van der Waals surface area contributed by atoms with Crippen molar-refractivity contribution in [3.63, 3.8) is 0 Å². The van der Waals surface area contributed by atoms with Crippen molar-refractivity contribution in [1.82, 2.24) is 0 Å². The first-order valence-electron chi connectivity index (χ1n) is 6.67. The molecule has 1 N–H and O–H groups in total. The van der Waals surface area contributed by atoms with Crippen molar-refractivity contribution in [2.75, 3.05) is 11.9 Å². The lowest BCUT2D eigenvalue weighted by Crippen LogP contribution is -2.03. The Morgan fingerprint density at radius 1 is 1.27 bits per heavy atom. The predicted octanol–water partition coefficient (Wildman–Crippen LogP) is 3.84. The summed E-state index contributed by atoms with van der Waals surface area (Å²) in [6.07, 6.45) is 7.02. The van der Waals surface area contributed by atoms with Crippen LogP contribution in [0.4, 0.5) is 5.69 Å². The number of benzene rings is 2. The van der Waals surface area contributed by atoms with Crippen molar-refractivity contribution in [2.24, 2.45) is 0 Å². The Hall–Kier alpha value is -2.70. The lowest BCUT2D eigenvalue weighted by atomic mass is 10.0. The number of ether oxygens (including phenoxy) is 1. The smallest absolute Gasteiger partial charge is 0.256 e. The van der Waals surface area contributed by atoms with Crippen molar-refractivity contribution >= 4 is 34.8 Å². The monoisotopic (exact) mass is 309 g/mol. The van der Waals surface area contributed by atoms with Crippen LogP contribution in [-0.4, -0.2) is 12.5 Å². The summed E-state index contributed by atoms with van der Waals surface area (Å²) in [6, 6.07) is 12.7. The van der Waals surface area contributed by atoms with Gasteiger partial charge in [0.1, 0.15) is 12.4 Å². The van der Waals surface area contributed by atoms with Crippen molar-refractivity contribution in [1.29, 1.82) is 0 Å². The van der Waals surface area contributed by atoms with Crippen molar-refractivity contribution in [2.45, 2.75) is 0 Å². The molecular weight excluding hydrogens is 298 g/mol. The third-order valence-electron chi connectivity index (χ3n) is 3.29. The number of fused-ring (bicyclic) bond motifs is 1. The molecule has 0 saturated heterocycles. The number of halogens is 1. The second-order valence-electron chi connectivity index (χ2n) is 4.73. The fourth-order valence-corrected chi connectivity index (χ4v) is 2.49. The van der Waals surface area contributed by atoms with E-state index in [0.717, 1.165) is 11.1 Å². The number of nitrogens with one attached hydrogen (secondary N) is 1. The van der Waals surface area contributed by atoms with Gasteiger partial charge in [0.25, 0.3) is 5.91 Å². The normalized spacial score (nSPS) is 14.4. The maximum Gasteiger partial charge on any atom is 0.256 e. The molecule has 4 heteroatoms. The second kappa shape index (κ2) is 5.97. The Morgan fingerprint density at radius 2 is 2.09 bits per heavy atom. The Morgan fingerprint density at radius 3 is 2.91 bits per heavy atom. The molecule has 0 aromatic heterocycles. The molecule has 3 nitrogen and oxygen atoms in total. The van der Waals surface area contributed by atoms with Crippen LogP contribution in [0.25, 0.3) is 11.6 Å². The van der Waals surface area contributed by atoms with Gasteiger partial charge >= 0.3 is 0 Å². The molecule has 0 unspecified atom stereocenters. The third-order valence-corrected chi connectivity index (χ3v) is 3.53. The van der Waals surface area contributed by atoms with Crippen LogP contribution in [0.1, 0.15) is 11.1 Å². The van der Waals surface area contributed by atoms with Gasteiger partial charge in [-0.2, -0.15) is 0 Å². The van der Waals surface area contributed by atoms with Gasteiger partial charge in [-0.3, -0.25) is 4.79 Å². The number of terminal acetylenes is 1. The Bertz CT molecular complexity index is 818. The van der Waals surface area contributed by atoms with Crippen molar-refractivity contribution < 1.29 is 9.53 Å². The van der Waals surface area contributed by atoms with E-state index in [9.17, 15) is 4.79 Å². The molecule has 0 atom stereocenters. The van der Waals surface area contributed by atoms with E-state index in [-0.39, 0.29) is 12.5 Å². The highest BCUT2D eigenvalue weighted by Gasteiger charge is 2.24. The predicted molar refractivity (Wildman–Crippen MR) is 88.7 cm³/mol. The minimum Gasteiger partial charge on any atom is -0.480 e. The molecule has 0 spiro atoms. The zero-order valence-electron chi connectivity index (χ0n) is 11.6. The number of hydrogen-bond acceptors (Lipinski definition) is 2. The highest BCUT2D eigenvalue weighted by Crippen LogP contribution is 2.36. The summed E-state index contributed by atoms with van der Waals surface area (Å²) in [5.41, 5.74) is 2.90. The number of amides is 1. The lowest BCUT2D eigenvalue weighted by molar-refractivity contribution is -0.110. The number of carbonyl (C=O) groups excluding carboxylic acids is 1. The summed E-state index contributed by atoms with van der Waals surface area (Å²) in [5.74, 6) is 2.91. The van der Waals surface area contributed by atoms with E-state index in [0.29, 0.717) is 22.0 Å². The van der Waals surface area contributed by atoms with Gasteiger partial charge in [0, 0.05) is 21.7 Å². The minimum absolute atomic E-state index is 0.163. The van der Waals surface area contributed by atoms with Crippen molar-refractivity contribution in [3.05, 3.63) is 58.6 Å². The van der Waals surface area contributed by atoms with E-state index in [1.54, 1.807) is 18.2 Å². The number of anilines is 1. The summed E-state index contributed by atoms with van der Waals surface area (Å²) < 4.78 is 5.51. The molecular formula is C18H12ClNO2. The molecule has 3 rings (SSSR count). The first-order valence-corrected chi connectivity index (χ1v) is 7.05. The number of rotatable bonds is 3. The van der Waals surface area contributed by atoms with Crippen LogP contribution in [0, 0.1) is 12.3 Å². The molecule has 1 amide bonds. The average Bonchev–Trinajstić information content (AvgIpc) is 2.81. The van der Waals surface area contributed by atoms with E-state index in [4.69, 9.17) is 22.8 Å². The van der Waals surface area contributed by atoms with E-state index in [2.05, 4.69) is 11.2 Å². The molecule has 0 aliphatic carbocycles. The molecule has 22 heavy (non-hydrogen) atoms. The van der Waals surface area contributed by atoms with Gasteiger partial charge in [0.15, 0.2) is 0 Å². The summed E-state index contributed by atoms with van der Waals surface area (Å²) >= 11 is 5.95. The van der Waals surface area contributed by atoms with Crippen LogP contribution < -0.4 is 10.1 Å². The highest BCUT2D eigenvalue weighted by atomic mass is 35.5. The molecule has 0 radical (unpaired) electrons. The van der Waals surface area contributed by atoms with Gasteiger partial charge in [-0.25, -0.2) is 0 Å². The molecule has 2 aromatic carbocycles. The summed E-state index contributed by atoms with van der Waals surface area (Å²) in [7, 11) is 0. The topological polar surface area (TPSA) is 38.3 Å². The van der Waals surface area contributed by atoms with Crippen LogP contribution in [-0.2, 0) is 4.79 Å². The van der Waals surface area contributed by atoms with Gasteiger partial charge in [-0.1, -0.05) is 41.8 Å². The number of carbonyl (C=O) groups is 1. The zero-order chi connectivity index (χ0) is 15.5. The SMILES string of the molecule is C#CCOc1ccccc1C=C1C(=O)Nc2cc(Cl)ccc21. The number of hydrogen-bond donors (Lipinski definition) is 1. The van der Waals surface area contributed by atoms with E-state index in [1.165, 1.54) is 0 Å². The van der Waals surface area contributed by atoms with Gasteiger partial charge in [0.2, 0.25) is 0 Å². The quantitative estimate of drug-likeness (QED) is 0.691. The van der Waals surface area contributed by atoms with Crippen LogP contribution >= 0.6 is 11.6 Å². The fraction of sp³-hybridized carbons (Fsp3) is 0.0556. The Balaban J connectivity index is 2.04. The summed E-state index contributed by atoms with van der Waals surface area (Å²) in [4.78, 5) is 12.2. The van der Waals surface area contributed by atoms with Gasteiger partial charge < -0.3 is 10.1 Å². The fourth-order valence-electron chi connectivity index (χ4n) is 2.32. The summed E-state index contributed by atoms with van der Waals surface area (Å²) in [6.45, 7) is 0.179. The van der Waals surface area contributed by atoms with Crippen LogP contribution in [0.2, 0.25) is 5.02 Å². The molecule has 2 aromatic rings. The maximum atomic E-state index is 12.2. The Labute approximate surface area is 133 Å². The summed E-state index contributed by atoms with van der Waals surface area (Å²) in [5, 5.41) is 3.39. The second-order valence-corrected chi connectivity index (χ2v) is 5.17. The molecule has 1 aliphatic heterocycles. The van der Waals surface area contributed by atoms with Crippen LogP contribution in [0.3, 0.4) is 0 Å². The van der Waals surface area contributed by atoms with Gasteiger partial charge in [0.05, 0.1) is 5.69 Å². The van der Waals surface area contributed by atoms with Crippen molar-refractivity contribution in [3.8, 4) is 18.1 Å². The first kappa shape index (κ1) is 14.2. The maximum absolute atomic E-state index is 12.2. The molecule has 1 heterocycles. The standard InChI is InChI=1S/C18H12ClNO2/c1-2-9-22-17-6-4-3-5-12(17)10-15-14-8-7-13(19)11-16(14)20-18(15)21/h1,3-8,10-11H,9H2,(H,20,21). The zero-order valence-corrected chi connectivity index (χ0v) is 12.4.